The van der Waals surface area contributed by atoms with Gasteiger partial charge in [0.1, 0.15) is 4.88 Å². The Morgan fingerprint density at radius 3 is 2.84 bits per heavy atom. The highest BCUT2D eigenvalue weighted by molar-refractivity contribution is 7.99. The molecule has 0 unspecified atom stereocenters. The minimum atomic E-state index is -3.66. The number of carboxylic acids is 1. The van der Waals surface area contributed by atoms with Crippen LogP contribution in [-0.4, -0.2) is 37.5 Å². The predicted molar refractivity (Wildman–Crippen MR) is 77.4 cm³/mol. The van der Waals surface area contributed by atoms with E-state index in [4.69, 9.17) is 11.5 Å². The molecule has 8 heteroatoms. The third kappa shape index (κ3) is 4.54. The standard InChI is InChI=1S/C11H13NO4S3/c1-3-5-17-6-4-12-19(15,16)10-7-9(11(13)14)18-8(10)2/h1,7,12H,4-6H2,2H3,(H,13,14). The lowest BCUT2D eigenvalue weighted by atomic mass is 10.4. The maximum atomic E-state index is 12.0. The fourth-order valence-corrected chi connectivity index (χ4v) is 4.39. The molecule has 2 N–H and O–H groups in total. The van der Waals surface area contributed by atoms with Gasteiger partial charge in [-0.3, -0.25) is 0 Å². The Morgan fingerprint density at radius 2 is 2.32 bits per heavy atom. The highest BCUT2D eigenvalue weighted by Gasteiger charge is 2.21. The lowest BCUT2D eigenvalue weighted by Crippen LogP contribution is -2.26. The Bertz CT molecular complexity index is 598. The average molecular weight is 319 g/mol. The summed E-state index contributed by atoms with van der Waals surface area (Å²) in [4.78, 5) is 11.3. The van der Waals surface area contributed by atoms with Crippen LogP contribution in [0.15, 0.2) is 11.0 Å². The molecule has 0 aliphatic carbocycles. The highest BCUT2D eigenvalue weighted by Crippen LogP contribution is 2.25. The van der Waals surface area contributed by atoms with E-state index in [0.29, 0.717) is 16.4 Å². The molecule has 5 nitrogen and oxygen atoms in total. The molecule has 1 aromatic heterocycles. The number of carboxylic acid groups (broad SMARTS) is 1. The smallest absolute Gasteiger partial charge is 0.345 e. The largest absolute Gasteiger partial charge is 0.477 e. The lowest BCUT2D eigenvalue weighted by Gasteiger charge is -2.05. The van der Waals surface area contributed by atoms with Crippen LogP contribution in [0.5, 0.6) is 0 Å². The van der Waals surface area contributed by atoms with Gasteiger partial charge in [-0.05, 0) is 13.0 Å². The van der Waals surface area contributed by atoms with Crippen LogP contribution in [0.4, 0.5) is 0 Å². The second kappa shape index (κ2) is 6.96. The van der Waals surface area contributed by atoms with E-state index in [2.05, 4.69) is 10.6 Å². The van der Waals surface area contributed by atoms with E-state index in [1.807, 2.05) is 0 Å². The van der Waals surface area contributed by atoms with Crippen molar-refractivity contribution in [1.29, 1.82) is 0 Å². The number of thiophene rings is 1. The zero-order valence-corrected chi connectivity index (χ0v) is 12.6. The van der Waals surface area contributed by atoms with Crippen molar-refractivity contribution in [3.63, 3.8) is 0 Å². The number of terminal acetylenes is 1. The van der Waals surface area contributed by atoms with Gasteiger partial charge in [0.15, 0.2) is 0 Å². The predicted octanol–water partition coefficient (Wildman–Crippen LogP) is 1.40. The normalized spacial score (nSPS) is 11.2. The molecular weight excluding hydrogens is 306 g/mol. The summed E-state index contributed by atoms with van der Waals surface area (Å²) in [6, 6.07) is 1.18. The van der Waals surface area contributed by atoms with Crippen LogP contribution < -0.4 is 4.72 Å². The van der Waals surface area contributed by atoms with Crippen LogP contribution in [0, 0.1) is 19.3 Å². The minimum absolute atomic E-state index is 0.0135. The van der Waals surface area contributed by atoms with E-state index in [1.54, 1.807) is 6.92 Å². The average Bonchev–Trinajstić information content (AvgIpc) is 2.72. The maximum absolute atomic E-state index is 12.0. The quantitative estimate of drug-likeness (QED) is 0.586. The van der Waals surface area contributed by atoms with Gasteiger partial charge in [-0.1, -0.05) is 5.92 Å². The first kappa shape index (κ1) is 16.0. The number of sulfonamides is 1. The molecule has 19 heavy (non-hydrogen) atoms. The molecule has 1 aromatic rings. The molecule has 0 aliphatic rings. The summed E-state index contributed by atoms with van der Waals surface area (Å²) in [5.74, 6) is 2.42. The molecule has 0 atom stereocenters. The van der Waals surface area contributed by atoms with Crippen molar-refractivity contribution in [2.75, 3.05) is 18.1 Å². The van der Waals surface area contributed by atoms with Crippen LogP contribution >= 0.6 is 23.1 Å². The number of rotatable bonds is 7. The fourth-order valence-electron chi connectivity index (χ4n) is 1.29. The summed E-state index contributed by atoms with van der Waals surface area (Å²) < 4.78 is 26.4. The summed E-state index contributed by atoms with van der Waals surface area (Å²) in [6.45, 7) is 1.84. The molecule has 0 saturated carbocycles. The van der Waals surface area contributed by atoms with Gasteiger partial charge in [0.2, 0.25) is 10.0 Å². The monoisotopic (exact) mass is 319 g/mol. The van der Waals surface area contributed by atoms with Gasteiger partial charge in [-0.25, -0.2) is 17.9 Å². The zero-order valence-electron chi connectivity index (χ0n) is 10.2. The van der Waals surface area contributed by atoms with Gasteiger partial charge in [0.25, 0.3) is 0 Å². The van der Waals surface area contributed by atoms with E-state index in [-0.39, 0.29) is 16.3 Å². The summed E-state index contributed by atoms with van der Waals surface area (Å²) in [6.07, 6.45) is 5.07. The first-order valence-corrected chi connectivity index (χ1v) is 8.68. The Labute approximate surface area is 120 Å². The summed E-state index contributed by atoms with van der Waals surface area (Å²) in [5, 5.41) is 8.83. The van der Waals surface area contributed by atoms with Crippen molar-refractivity contribution in [2.24, 2.45) is 0 Å². The van der Waals surface area contributed by atoms with Crippen molar-refractivity contribution < 1.29 is 18.3 Å². The Balaban J connectivity index is 2.72. The Hall–Kier alpha value is -1.01. The van der Waals surface area contributed by atoms with Gasteiger partial charge in [0, 0.05) is 17.2 Å². The molecule has 1 rings (SSSR count). The van der Waals surface area contributed by atoms with Crippen molar-refractivity contribution in [1.82, 2.24) is 4.72 Å². The first-order valence-electron chi connectivity index (χ1n) is 5.23. The van der Waals surface area contributed by atoms with Gasteiger partial charge < -0.3 is 5.11 Å². The molecule has 0 aromatic carbocycles. The molecule has 0 amide bonds. The van der Waals surface area contributed by atoms with Crippen LogP contribution in [0.2, 0.25) is 0 Å². The van der Waals surface area contributed by atoms with Gasteiger partial charge >= 0.3 is 5.97 Å². The molecule has 0 spiro atoms. The Morgan fingerprint density at radius 1 is 1.63 bits per heavy atom. The highest BCUT2D eigenvalue weighted by atomic mass is 32.2. The molecule has 0 radical (unpaired) electrons. The third-order valence-electron chi connectivity index (χ3n) is 2.10. The SMILES string of the molecule is C#CCSCCNS(=O)(=O)c1cc(C(=O)O)sc1C. The molecule has 0 bridgehead atoms. The van der Waals surface area contributed by atoms with Crippen LogP contribution in [-0.2, 0) is 10.0 Å². The van der Waals surface area contributed by atoms with Crippen LogP contribution in [0.25, 0.3) is 0 Å². The number of aromatic carboxylic acids is 1. The van der Waals surface area contributed by atoms with E-state index in [1.165, 1.54) is 17.8 Å². The van der Waals surface area contributed by atoms with Crippen LogP contribution in [0.1, 0.15) is 14.5 Å². The van der Waals surface area contributed by atoms with Gasteiger partial charge in [-0.2, -0.15) is 0 Å². The Kier molecular flexibility index (Phi) is 5.87. The summed E-state index contributed by atoms with van der Waals surface area (Å²) in [5.41, 5.74) is 0. The maximum Gasteiger partial charge on any atom is 0.345 e. The second-order valence-corrected chi connectivity index (χ2v) is 7.59. The molecule has 0 saturated heterocycles. The zero-order chi connectivity index (χ0) is 14.5. The topological polar surface area (TPSA) is 83.5 Å². The number of hydrogen-bond acceptors (Lipinski definition) is 5. The van der Waals surface area contributed by atoms with E-state index in [0.717, 1.165) is 11.3 Å². The van der Waals surface area contributed by atoms with Gasteiger partial charge in [-0.15, -0.1) is 29.5 Å². The third-order valence-corrected chi connectivity index (χ3v) is 5.71. The first-order chi connectivity index (χ1) is 8.88. The fraction of sp³-hybridized carbons (Fsp3) is 0.364. The molecule has 1 heterocycles. The lowest BCUT2D eigenvalue weighted by molar-refractivity contribution is 0.0702. The molecule has 0 aliphatic heterocycles. The van der Waals surface area contributed by atoms with E-state index in [9.17, 15) is 13.2 Å². The van der Waals surface area contributed by atoms with E-state index >= 15 is 0 Å². The molecule has 0 fully saturated rings. The van der Waals surface area contributed by atoms with Crippen molar-refractivity contribution in [2.45, 2.75) is 11.8 Å². The van der Waals surface area contributed by atoms with E-state index < -0.39 is 16.0 Å². The number of thioether (sulfide) groups is 1. The second-order valence-electron chi connectivity index (χ2n) is 3.49. The van der Waals surface area contributed by atoms with Crippen molar-refractivity contribution in [3.8, 4) is 12.3 Å². The van der Waals surface area contributed by atoms with Gasteiger partial charge in [0.05, 0.1) is 10.6 Å². The number of aryl methyl sites for hydroxylation is 1. The molecular formula is C11H13NO4S3. The number of hydrogen-bond donors (Lipinski definition) is 2. The van der Waals surface area contributed by atoms with Crippen LogP contribution in [0.3, 0.4) is 0 Å². The van der Waals surface area contributed by atoms with Crippen molar-refractivity contribution >= 4 is 39.1 Å². The summed E-state index contributed by atoms with van der Waals surface area (Å²) >= 11 is 2.40. The minimum Gasteiger partial charge on any atom is -0.477 e. The summed E-state index contributed by atoms with van der Waals surface area (Å²) in [7, 11) is -3.66. The molecule has 104 valence electrons. The van der Waals surface area contributed by atoms with Crippen molar-refractivity contribution in [3.05, 3.63) is 15.8 Å². The number of carbonyl (C=O) groups is 1. The number of nitrogens with one attached hydrogen (secondary N) is 1.